The molecule has 0 bridgehead atoms. The van der Waals surface area contributed by atoms with E-state index in [0.717, 1.165) is 12.0 Å². The molecule has 1 aromatic heterocycles. The minimum Gasteiger partial charge on any atom is -0.149 e. The van der Waals surface area contributed by atoms with Crippen molar-refractivity contribution in [1.82, 2.24) is 0 Å². The Morgan fingerprint density at radius 2 is 2.50 bits per heavy atom. The summed E-state index contributed by atoms with van der Waals surface area (Å²) in [6.07, 6.45) is 1.14. The van der Waals surface area contributed by atoms with E-state index < -0.39 is 0 Å². The quantitative estimate of drug-likeness (QED) is 0.541. The van der Waals surface area contributed by atoms with E-state index in [1.807, 2.05) is 0 Å². The van der Waals surface area contributed by atoms with Crippen LogP contribution >= 0.6 is 11.3 Å². The highest BCUT2D eigenvalue weighted by Gasteiger charge is 1.89. The Bertz CT molecular complexity index is 165. The SMILES string of the molecule is [CH2]c1csc(CC)c1. The van der Waals surface area contributed by atoms with Crippen LogP contribution in [0.1, 0.15) is 17.4 Å². The van der Waals surface area contributed by atoms with Crippen LogP contribution in [0, 0.1) is 6.92 Å². The highest BCUT2D eigenvalue weighted by Crippen LogP contribution is 2.12. The second-order valence-corrected chi connectivity index (χ2v) is 2.77. The maximum Gasteiger partial charge on any atom is 0.00453 e. The molecule has 0 aromatic carbocycles. The molecular weight excluding hydrogens is 116 g/mol. The van der Waals surface area contributed by atoms with Gasteiger partial charge in [0.1, 0.15) is 0 Å². The van der Waals surface area contributed by atoms with Gasteiger partial charge in [-0.15, -0.1) is 11.3 Å². The van der Waals surface area contributed by atoms with E-state index in [4.69, 9.17) is 0 Å². The molecule has 0 N–H and O–H groups in total. The van der Waals surface area contributed by atoms with Crippen LogP contribution in [0.2, 0.25) is 0 Å². The molecule has 1 rings (SSSR count). The first-order valence-corrected chi connectivity index (χ1v) is 3.60. The Labute approximate surface area is 54.2 Å². The van der Waals surface area contributed by atoms with Crippen molar-refractivity contribution in [1.29, 1.82) is 0 Å². The summed E-state index contributed by atoms with van der Waals surface area (Å²) in [5.41, 5.74) is 1.15. The van der Waals surface area contributed by atoms with Crippen LogP contribution in [0.3, 0.4) is 0 Å². The molecular formula is C7H9S. The molecule has 0 saturated heterocycles. The van der Waals surface area contributed by atoms with Gasteiger partial charge in [0.25, 0.3) is 0 Å². The Hall–Kier alpha value is -0.300. The minimum absolute atomic E-state index is 1.14. The summed E-state index contributed by atoms with van der Waals surface area (Å²) in [6.45, 7) is 5.96. The summed E-state index contributed by atoms with van der Waals surface area (Å²) in [7, 11) is 0. The first-order valence-electron chi connectivity index (χ1n) is 2.72. The van der Waals surface area contributed by atoms with E-state index in [9.17, 15) is 0 Å². The van der Waals surface area contributed by atoms with E-state index in [-0.39, 0.29) is 0 Å². The molecule has 0 unspecified atom stereocenters. The van der Waals surface area contributed by atoms with Gasteiger partial charge in [-0.1, -0.05) is 6.92 Å². The van der Waals surface area contributed by atoms with Crippen molar-refractivity contribution < 1.29 is 0 Å². The monoisotopic (exact) mass is 125 g/mol. The average molecular weight is 125 g/mol. The van der Waals surface area contributed by atoms with Gasteiger partial charge in [0.15, 0.2) is 0 Å². The Morgan fingerprint density at radius 1 is 1.75 bits per heavy atom. The molecule has 0 aliphatic heterocycles. The molecule has 0 spiro atoms. The molecule has 1 radical (unpaired) electrons. The molecule has 0 saturated carbocycles. The third-order valence-corrected chi connectivity index (χ3v) is 2.19. The Morgan fingerprint density at radius 3 is 2.75 bits per heavy atom. The Balaban J connectivity index is 2.84. The number of rotatable bonds is 1. The highest BCUT2D eigenvalue weighted by atomic mass is 32.1. The van der Waals surface area contributed by atoms with Crippen LogP contribution in [0.5, 0.6) is 0 Å². The van der Waals surface area contributed by atoms with Crippen molar-refractivity contribution >= 4 is 11.3 Å². The van der Waals surface area contributed by atoms with Crippen LogP contribution in [-0.2, 0) is 6.42 Å². The largest absolute Gasteiger partial charge is 0.149 e. The zero-order chi connectivity index (χ0) is 5.98. The van der Waals surface area contributed by atoms with E-state index in [1.54, 1.807) is 11.3 Å². The molecule has 0 aliphatic rings. The lowest BCUT2D eigenvalue weighted by Crippen LogP contribution is -1.65. The van der Waals surface area contributed by atoms with Gasteiger partial charge < -0.3 is 0 Å². The fourth-order valence-corrected chi connectivity index (χ4v) is 1.37. The summed E-state index contributed by atoms with van der Waals surface area (Å²) in [5.74, 6) is 0. The summed E-state index contributed by atoms with van der Waals surface area (Å²) >= 11 is 1.79. The fourth-order valence-electron chi connectivity index (χ4n) is 0.612. The van der Waals surface area contributed by atoms with Gasteiger partial charge in [-0.2, -0.15) is 0 Å². The van der Waals surface area contributed by atoms with Crippen LogP contribution in [-0.4, -0.2) is 0 Å². The highest BCUT2D eigenvalue weighted by molar-refractivity contribution is 7.10. The van der Waals surface area contributed by atoms with Gasteiger partial charge in [0, 0.05) is 4.88 Å². The number of thiophene rings is 1. The lowest BCUT2D eigenvalue weighted by Gasteiger charge is -1.79. The molecule has 0 amide bonds. The summed E-state index contributed by atoms with van der Waals surface area (Å²) in [4.78, 5) is 1.43. The van der Waals surface area contributed by atoms with Gasteiger partial charge in [-0.25, -0.2) is 0 Å². The third-order valence-electron chi connectivity index (χ3n) is 1.06. The number of hydrogen-bond donors (Lipinski definition) is 0. The Kier molecular flexibility index (Phi) is 1.69. The van der Waals surface area contributed by atoms with E-state index in [1.165, 1.54) is 4.88 Å². The molecule has 0 aliphatic carbocycles. The molecule has 1 aromatic rings. The van der Waals surface area contributed by atoms with Crippen LogP contribution < -0.4 is 0 Å². The fraction of sp³-hybridized carbons (Fsp3) is 0.286. The van der Waals surface area contributed by atoms with Crippen molar-refractivity contribution in [3.63, 3.8) is 0 Å². The van der Waals surface area contributed by atoms with Crippen LogP contribution in [0.25, 0.3) is 0 Å². The molecule has 0 atom stereocenters. The molecule has 1 heteroatoms. The van der Waals surface area contributed by atoms with Crippen molar-refractivity contribution in [3.05, 3.63) is 28.8 Å². The van der Waals surface area contributed by atoms with Crippen molar-refractivity contribution in [2.75, 3.05) is 0 Å². The smallest absolute Gasteiger partial charge is 0.00453 e. The standard InChI is InChI=1S/C7H9S/c1-3-7-4-6(2)5-8-7/h4-5H,2-3H2,1H3. The molecule has 0 nitrogen and oxygen atoms in total. The zero-order valence-corrected chi connectivity index (χ0v) is 5.79. The van der Waals surface area contributed by atoms with Crippen LogP contribution in [0.4, 0.5) is 0 Å². The third kappa shape index (κ3) is 1.10. The molecule has 1 heterocycles. The number of hydrogen-bond acceptors (Lipinski definition) is 1. The van der Waals surface area contributed by atoms with Gasteiger partial charge >= 0.3 is 0 Å². The van der Waals surface area contributed by atoms with Crippen molar-refractivity contribution in [3.8, 4) is 0 Å². The van der Waals surface area contributed by atoms with Gasteiger partial charge in [0.2, 0.25) is 0 Å². The predicted molar refractivity (Wildman–Crippen MR) is 38.2 cm³/mol. The van der Waals surface area contributed by atoms with E-state index in [2.05, 4.69) is 25.3 Å². The first kappa shape index (κ1) is 5.83. The molecule has 8 heavy (non-hydrogen) atoms. The van der Waals surface area contributed by atoms with Crippen molar-refractivity contribution in [2.45, 2.75) is 13.3 Å². The maximum absolute atomic E-state index is 3.80. The summed E-state index contributed by atoms with van der Waals surface area (Å²) < 4.78 is 0. The summed E-state index contributed by atoms with van der Waals surface area (Å²) in [6, 6.07) is 2.13. The van der Waals surface area contributed by atoms with Gasteiger partial charge in [-0.05, 0) is 30.4 Å². The van der Waals surface area contributed by atoms with E-state index >= 15 is 0 Å². The predicted octanol–water partition coefficient (Wildman–Crippen LogP) is 2.49. The summed E-state index contributed by atoms with van der Waals surface area (Å²) in [5, 5.41) is 2.08. The first-order chi connectivity index (χ1) is 3.83. The average Bonchev–Trinajstić information content (AvgIpc) is 2.14. The molecule has 43 valence electrons. The van der Waals surface area contributed by atoms with Crippen molar-refractivity contribution in [2.24, 2.45) is 0 Å². The maximum atomic E-state index is 3.80. The topological polar surface area (TPSA) is 0 Å². The minimum atomic E-state index is 1.14. The normalized spacial score (nSPS) is 9.75. The van der Waals surface area contributed by atoms with Crippen LogP contribution in [0.15, 0.2) is 11.4 Å². The van der Waals surface area contributed by atoms with Gasteiger partial charge in [-0.3, -0.25) is 0 Å². The lowest BCUT2D eigenvalue weighted by molar-refractivity contribution is 1.18. The zero-order valence-electron chi connectivity index (χ0n) is 4.98. The second kappa shape index (κ2) is 2.31. The number of aryl methyl sites for hydroxylation is 1. The lowest BCUT2D eigenvalue weighted by atomic mass is 10.3. The molecule has 0 fully saturated rings. The van der Waals surface area contributed by atoms with E-state index in [0.29, 0.717) is 0 Å². The van der Waals surface area contributed by atoms with Gasteiger partial charge in [0.05, 0.1) is 0 Å². The second-order valence-electron chi connectivity index (χ2n) is 1.77.